The highest BCUT2D eigenvalue weighted by Crippen LogP contribution is 2.27. The Kier molecular flexibility index (Phi) is 4.66. The first-order valence-electron chi connectivity index (χ1n) is 6.87. The maximum atomic E-state index is 5.79. The molecule has 1 aromatic heterocycles. The zero-order chi connectivity index (χ0) is 13.0. The molecule has 1 atom stereocenters. The number of ether oxygens (including phenoxy) is 1. The molecule has 0 spiro atoms. The fraction of sp³-hybridized carbons (Fsp3) is 0.714. The smallest absolute Gasteiger partial charge is 0.133 e. The van der Waals surface area contributed by atoms with Gasteiger partial charge in [0, 0.05) is 43.0 Å². The Labute approximate surface area is 109 Å². The van der Waals surface area contributed by atoms with Gasteiger partial charge in [0.2, 0.25) is 0 Å². The molecule has 2 N–H and O–H groups in total. The highest BCUT2D eigenvalue weighted by Gasteiger charge is 2.20. The lowest BCUT2D eigenvalue weighted by Crippen LogP contribution is -2.19. The molecule has 1 aromatic rings. The zero-order valence-corrected chi connectivity index (χ0v) is 11.4. The fourth-order valence-electron chi connectivity index (χ4n) is 2.46. The molecule has 1 saturated heterocycles. The van der Waals surface area contributed by atoms with Crippen LogP contribution in [0.3, 0.4) is 0 Å². The van der Waals surface area contributed by atoms with Gasteiger partial charge in [-0.25, -0.2) is 9.97 Å². The summed E-state index contributed by atoms with van der Waals surface area (Å²) in [5.74, 6) is 1.72. The first-order chi connectivity index (χ1) is 8.74. The van der Waals surface area contributed by atoms with Crippen molar-refractivity contribution in [3.63, 3.8) is 0 Å². The van der Waals surface area contributed by atoms with E-state index in [1.807, 2.05) is 6.92 Å². The summed E-state index contributed by atoms with van der Waals surface area (Å²) in [6.45, 7) is 6.48. The summed E-state index contributed by atoms with van der Waals surface area (Å²) in [6.07, 6.45) is 3.12. The predicted octanol–water partition coefficient (Wildman–Crippen LogP) is 2.13. The van der Waals surface area contributed by atoms with Gasteiger partial charge in [0.15, 0.2) is 0 Å². The lowest BCUT2D eigenvalue weighted by Gasteiger charge is -2.23. The summed E-state index contributed by atoms with van der Waals surface area (Å²) < 4.78 is 5.41. The molecule has 4 nitrogen and oxygen atoms in total. The SMILES string of the molecule is CCC(CN)c1nc(C)cc(C2CCOCC2)n1. The van der Waals surface area contributed by atoms with Gasteiger partial charge in [-0.1, -0.05) is 6.92 Å². The van der Waals surface area contributed by atoms with Gasteiger partial charge in [0.1, 0.15) is 5.82 Å². The number of aromatic nitrogens is 2. The lowest BCUT2D eigenvalue weighted by molar-refractivity contribution is 0.0844. The van der Waals surface area contributed by atoms with Crippen LogP contribution in [0.5, 0.6) is 0 Å². The molecule has 0 aliphatic carbocycles. The molecule has 2 heterocycles. The van der Waals surface area contributed by atoms with Gasteiger partial charge in [0.25, 0.3) is 0 Å². The van der Waals surface area contributed by atoms with E-state index in [9.17, 15) is 0 Å². The van der Waals surface area contributed by atoms with E-state index in [0.717, 1.165) is 44.0 Å². The van der Waals surface area contributed by atoms with Crippen LogP contribution >= 0.6 is 0 Å². The number of nitrogens with two attached hydrogens (primary N) is 1. The molecule has 100 valence electrons. The third kappa shape index (κ3) is 3.06. The van der Waals surface area contributed by atoms with Gasteiger partial charge in [0.05, 0.1) is 0 Å². The van der Waals surface area contributed by atoms with Crippen LogP contribution in [0.2, 0.25) is 0 Å². The maximum Gasteiger partial charge on any atom is 0.133 e. The van der Waals surface area contributed by atoms with Crippen molar-refractivity contribution in [1.82, 2.24) is 9.97 Å². The van der Waals surface area contributed by atoms with Crippen LogP contribution in [-0.4, -0.2) is 29.7 Å². The minimum Gasteiger partial charge on any atom is -0.381 e. The Bertz CT molecular complexity index is 385. The van der Waals surface area contributed by atoms with E-state index in [1.165, 1.54) is 5.69 Å². The molecule has 0 aromatic carbocycles. The first-order valence-corrected chi connectivity index (χ1v) is 6.87. The second-order valence-electron chi connectivity index (χ2n) is 5.02. The Hall–Kier alpha value is -1.00. The van der Waals surface area contributed by atoms with Crippen molar-refractivity contribution in [1.29, 1.82) is 0 Å². The molecule has 2 rings (SSSR count). The Balaban J connectivity index is 2.24. The van der Waals surface area contributed by atoms with Gasteiger partial charge in [-0.3, -0.25) is 0 Å². The number of hydrogen-bond donors (Lipinski definition) is 1. The van der Waals surface area contributed by atoms with E-state index in [0.29, 0.717) is 12.5 Å². The third-order valence-corrected chi connectivity index (χ3v) is 3.67. The van der Waals surface area contributed by atoms with Gasteiger partial charge >= 0.3 is 0 Å². The quantitative estimate of drug-likeness (QED) is 0.888. The van der Waals surface area contributed by atoms with Gasteiger partial charge in [-0.05, 0) is 32.3 Å². The standard InChI is InChI=1S/C14H23N3O/c1-3-11(9-15)14-16-10(2)8-13(17-14)12-4-6-18-7-5-12/h8,11-12H,3-7,9,15H2,1-2H3. The first kappa shape index (κ1) is 13.4. The number of nitrogens with zero attached hydrogens (tertiary/aromatic N) is 2. The summed E-state index contributed by atoms with van der Waals surface area (Å²) in [5, 5.41) is 0. The average Bonchev–Trinajstić information content (AvgIpc) is 2.40. The summed E-state index contributed by atoms with van der Waals surface area (Å²) in [5.41, 5.74) is 8.02. The summed E-state index contributed by atoms with van der Waals surface area (Å²) in [7, 11) is 0. The maximum absolute atomic E-state index is 5.79. The summed E-state index contributed by atoms with van der Waals surface area (Å²) in [4.78, 5) is 9.30. The van der Waals surface area contributed by atoms with Gasteiger partial charge in [-0.15, -0.1) is 0 Å². The Morgan fingerprint density at radius 2 is 2.11 bits per heavy atom. The Morgan fingerprint density at radius 3 is 2.72 bits per heavy atom. The monoisotopic (exact) mass is 249 g/mol. The van der Waals surface area contributed by atoms with E-state index < -0.39 is 0 Å². The summed E-state index contributed by atoms with van der Waals surface area (Å²) >= 11 is 0. The van der Waals surface area contributed by atoms with E-state index in [2.05, 4.69) is 18.0 Å². The van der Waals surface area contributed by atoms with Crippen molar-refractivity contribution in [3.05, 3.63) is 23.3 Å². The van der Waals surface area contributed by atoms with Crippen molar-refractivity contribution in [2.45, 2.75) is 44.9 Å². The van der Waals surface area contributed by atoms with Crippen molar-refractivity contribution in [2.75, 3.05) is 19.8 Å². The largest absolute Gasteiger partial charge is 0.381 e. The predicted molar refractivity (Wildman–Crippen MR) is 71.6 cm³/mol. The molecule has 18 heavy (non-hydrogen) atoms. The van der Waals surface area contributed by atoms with Crippen molar-refractivity contribution >= 4 is 0 Å². The molecule has 1 fully saturated rings. The minimum atomic E-state index is 0.281. The topological polar surface area (TPSA) is 61.0 Å². The van der Waals surface area contributed by atoms with Crippen LogP contribution in [0.15, 0.2) is 6.07 Å². The van der Waals surface area contributed by atoms with Crippen LogP contribution in [0, 0.1) is 6.92 Å². The molecule has 1 unspecified atom stereocenters. The lowest BCUT2D eigenvalue weighted by atomic mass is 9.95. The Morgan fingerprint density at radius 1 is 1.39 bits per heavy atom. The van der Waals surface area contributed by atoms with Gasteiger partial charge < -0.3 is 10.5 Å². The van der Waals surface area contributed by atoms with Crippen LogP contribution < -0.4 is 5.73 Å². The third-order valence-electron chi connectivity index (χ3n) is 3.67. The molecular weight excluding hydrogens is 226 g/mol. The molecule has 4 heteroatoms. The fourth-order valence-corrected chi connectivity index (χ4v) is 2.46. The van der Waals surface area contributed by atoms with E-state index >= 15 is 0 Å². The molecule has 0 saturated carbocycles. The number of rotatable bonds is 4. The molecule has 0 amide bonds. The highest BCUT2D eigenvalue weighted by molar-refractivity contribution is 5.16. The molecule has 1 aliphatic rings. The van der Waals surface area contributed by atoms with Crippen LogP contribution in [0.4, 0.5) is 0 Å². The van der Waals surface area contributed by atoms with E-state index in [-0.39, 0.29) is 5.92 Å². The minimum absolute atomic E-state index is 0.281. The summed E-state index contributed by atoms with van der Waals surface area (Å²) in [6, 6.07) is 2.11. The van der Waals surface area contributed by atoms with Gasteiger partial charge in [-0.2, -0.15) is 0 Å². The van der Waals surface area contributed by atoms with Crippen LogP contribution in [0.25, 0.3) is 0 Å². The zero-order valence-electron chi connectivity index (χ0n) is 11.4. The van der Waals surface area contributed by atoms with Crippen LogP contribution in [0.1, 0.15) is 55.2 Å². The van der Waals surface area contributed by atoms with E-state index in [1.54, 1.807) is 0 Å². The molecule has 1 aliphatic heterocycles. The van der Waals surface area contributed by atoms with E-state index in [4.69, 9.17) is 15.5 Å². The molecular formula is C14H23N3O. The highest BCUT2D eigenvalue weighted by atomic mass is 16.5. The normalized spacial score (nSPS) is 18.8. The average molecular weight is 249 g/mol. The molecule has 0 radical (unpaired) electrons. The van der Waals surface area contributed by atoms with Crippen molar-refractivity contribution in [3.8, 4) is 0 Å². The van der Waals surface area contributed by atoms with Crippen LogP contribution in [-0.2, 0) is 4.74 Å². The number of aryl methyl sites for hydroxylation is 1. The second-order valence-corrected chi connectivity index (χ2v) is 5.02. The number of hydrogen-bond acceptors (Lipinski definition) is 4. The second kappa shape index (κ2) is 6.25. The van der Waals surface area contributed by atoms with Crippen molar-refractivity contribution < 1.29 is 4.74 Å². The van der Waals surface area contributed by atoms with Crippen molar-refractivity contribution in [2.24, 2.45) is 5.73 Å². The molecule has 0 bridgehead atoms.